The normalized spacial score (nSPS) is 16.7. The molecule has 1 heterocycles. The van der Waals surface area contributed by atoms with E-state index < -0.39 is 23.1 Å². The molecule has 0 spiro atoms. The van der Waals surface area contributed by atoms with E-state index in [2.05, 4.69) is 20.7 Å². The third-order valence-electron chi connectivity index (χ3n) is 4.82. The number of amides is 1. The number of anilines is 1. The van der Waals surface area contributed by atoms with Crippen LogP contribution in [0.15, 0.2) is 36.3 Å². The van der Waals surface area contributed by atoms with Crippen molar-refractivity contribution in [3.8, 4) is 5.75 Å². The Hall–Kier alpha value is -3.26. The first-order valence-electron chi connectivity index (χ1n) is 10.1. The Kier molecular flexibility index (Phi) is 9.54. The van der Waals surface area contributed by atoms with Crippen LogP contribution in [0.3, 0.4) is 0 Å². The molecule has 0 radical (unpaired) electrons. The van der Waals surface area contributed by atoms with Crippen LogP contribution in [0, 0.1) is 10.1 Å². The Labute approximate surface area is 187 Å². The fraction of sp³-hybridized carbons (Fsp3) is 0.526. The number of nitrogens with one attached hydrogen (secondary N) is 3. The maximum absolute atomic E-state index is 12.2. The van der Waals surface area contributed by atoms with E-state index in [-0.39, 0.29) is 37.4 Å². The van der Waals surface area contributed by atoms with Crippen molar-refractivity contribution < 1.29 is 32.7 Å². The van der Waals surface area contributed by atoms with Crippen LogP contribution in [0.4, 0.5) is 18.9 Å². The molecule has 6 N–H and O–H groups in total. The minimum absolute atomic E-state index is 0.0651. The maximum atomic E-state index is 12.2. The molecule has 1 aliphatic heterocycles. The van der Waals surface area contributed by atoms with Gasteiger partial charge in [0.15, 0.2) is 0 Å². The highest BCUT2D eigenvalue weighted by atomic mass is 19.4. The van der Waals surface area contributed by atoms with Gasteiger partial charge in [0.2, 0.25) is 5.91 Å². The molecule has 1 saturated heterocycles. The molecule has 0 aromatic heterocycles. The summed E-state index contributed by atoms with van der Waals surface area (Å²) in [6.07, 6.45) is -2.29. The summed E-state index contributed by atoms with van der Waals surface area (Å²) in [6.45, 7) is 1.09. The number of hydrogen-bond acceptors (Lipinski definition) is 9. The van der Waals surface area contributed by atoms with Crippen LogP contribution in [0.5, 0.6) is 5.75 Å². The zero-order chi connectivity index (χ0) is 24.4. The van der Waals surface area contributed by atoms with Crippen molar-refractivity contribution in [3.63, 3.8) is 0 Å². The second-order valence-electron chi connectivity index (χ2n) is 7.45. The van der Waals surface area contributed by atoms with Crippen LogP contribution < -0.4 is 26.4 Å². The lowest BCUT2D eigenvalue weighted by Crippen LogP contribution is -2.49. The number of ether oxygens (including phenoxy) is 1. The Bertz CT molecular complexity index is 813. The van der Waals surface area contributed by atoms with Crippen LogP contribution in [0.2, 0.25) is 0 Å². The van der Waals surface area contributed by atoms with E-state index in [1.807, 2.05) is 4.90 Å². The van der Waals surface area contributed by atoms with Gasteiger partial charge in [-0.05, 0) is 42.0 Å². The van der Waals surface area contributed by atoms with E-state index in [0.717, 1.165) is 19.0 Å². The molecule has 14 heteroatoms. The van der Waals surface area contributed by atoms with Gasteiger partial charge in [-0.25, -0.2) is 0 Å². The molecule has 0 saturated carbocycles. The van der Waals surface area contributed by atoms with Crippen LogP contribution >= 0.6 is 0 Å². The van der Waals surface area contributed by atoms with Crippen molar-refractivity contribution in [1.82, 2.24) is 15.5 Å². The highest BCUT2D eigenvalue weighted by molar-refractivity contribution is 5.78. The number of nitro groups is 1. The zero-order valence-corrected chi connectivity index (χ0v) is 17.7. The fourth-order valence-electron chi connectivity index (χ4n) is 3.22. The largest absolute Gasteiger partial charge is 0.573 e. The SMILES string of the molecule is N/C(=C\NC[C@@H](CO)NC(=O)CN1CCC(Nc2ccc(OC(F)(F)F)cc2)CC1)[N+](=O)[O-]. The number of likely N-dealkylation sites (tertiary alicyclic amines) is 1. The molecule has 1 fully saturated rings. The first-order valence-corrected chi connectivity index (χ1v) is 10.1. The summed E-state index contributed by atoms with van der Waals surface area (Å²) in [4.78, 5) is 23.8. The molecule has 1 aromatic rings. The van der Waals surface area contributed by atoms with Gasteiger partial charge in [-0.3, -0.25) is 15.4 Å². The first kappa shape index (κ1) is 26.0. The summed E-state index contributed by atoms with van der Waals surface area (Å²) in [5.41, 5.74) is 5.82. The summed E-state index contributed by atoms with van der Waals surface area (Å²) in [7, 11) is 0. The van der Waals surface area contributed by atoms with Crippen LogP contribution in [-0.2, 0) is 4.79 Å². The van der Waals surface area contributed by atoms with E-state index >= 15 is 0 Å². The van der Waals surface area contributed by atoms with E-state index in [1.165, 1.54) is 24.3 Å². The predicted molar refractivity (Wildman–Crippen MR) is 112 cm³/mol. The number of halogens is 3. The average molecular weight is 476 g/mol. The summed E-state index contributed by atoms with van der Waals surface area (Å²) in [6, 6.07) is 4.97. The van der Waals surface area contributed by atoms with Crippen LogP contribution in [0.1, 0.15) is 12.8 Å². The van der Waals surface area contributed by atoms with Gasteiger partial charge in [-0.1, -0.05) is 0 Å². The van der Waals surface area contributed by atoms with Crippen molar-refractivity contribution in [2.75, 3.05) is 38.1 Å². The third kappa shape index (κ3) is 9.82. The predicted octanol–water partition coefficient (Wildman–Crippen LogP) is 0.563. The van der Waals surface area contributed by atoms with Crippen molar-refractivity contribution in [2.24, 2.45) is 5.73 Å². The van der Waals surface area contributed by atoms with Gasteiger partial charge in [-0.2, -0.15) is 0 Å². The standard InChI is InChI=1S/C19H27F3N6O5/c20-19(21,22)33-16-3-1-13(2-4-16)25-14-5-7-27(8-6-14)11-18(30)26-15(12-29)9-24-10-17(23)28(31)32/h1-4,10,14-15,24-25,29H,5-9,11-12,23H2,(H,26,30)/b17-10+/t15-/m0/s1. The van der Waals surface area contributed by atoms with Gasteiger partial charge in [-0.15, -0.1) is 13.2 Å². The van der Waals surface area contributed by atoms with E-state index in [1.54, 1.807) is 0 Å². The van der Waals surface area contributed by atoms with Crippen LogP contribution in [0.25, 0.3) is 0 Å². The van der Waals surface area contributed by atoms with Gasteiger partial charge < -0.3 is 35.9 Å². The smallest absolute Gasteiger partial charge is 0.406 e. The summed E-state index contributed by atoms with van der Waals surface area (Å²) >= 11 is 0. The minimum atomic E-state index is -4.73. The van der Waals surface area contributed by atoms with E-state index in [0.29, 0.717) is 18.8 Å². The Morgan fingerprint density at radius 2 is 1.97 bits per heavy atom. The van der Waals surface area contributed by atoms with Crippen molar-refractivity contribution in [2.45, 2.75) is 31.3 Å². The van der Waals surface area contributed by atoms with E-state index in [4.69, 9.17) is 5.73 Å². The van der Waals surface area contributed by atoms with Crippen molar-refractivity contribution in [3.05, 3.63) is 46.4 Å². The molecule has 1 aromatic carbocycles. The molecule has 1 aliphatic rings. The number of aliphatic hydroxyl groups is 1. The maximum Gasteiger partial charge on any atom is 0.573 e. The minimum Gasteiger partial charge on any atom is -0.406 e. The quantitative estimate of drug-likeness (QED) is 0.228. The zero-order valence-electron chi connectivity index (χ0n) is 17.7. The molecule has 1 amide bonds. The molecule has 33 heavy (non-hydrogen) atoms. The molecule has 184 valence electrons. The number of alkyl halides is 3. The fourth-order valence-corrected chi connectivity index (χ4v) is 3.22. The van der Waals surface area contributed by atoms with Gasteiger partial charge in [0.1, 0.15) is 5.75 Å². The summed E-state index contributed by atoms with van der Waals surface area (Å²) in [5, 5.41) is 28.3. The molecule has 11 nitrogen and oxygen atoms in total. The average Bonchev–Trinajstić information content (AvgIpc) is 2.74. The van der Waals surface area contributed by atoms with Crippen molar-refractivity contribution >= 4 is 11.6 Å². The molecule has 0 aliphatic carbocycles. The number of benzene rings is 1. The lowest BCUT2D eigenvalue weighted by Gasteiger charge is -2.32. The van der Waals surface area contributed by atoms with Gasteiger partial charge >= 0.3 is 12.2 Å². The Morgan fingerprint density at radius 1 is 1.33 bits per heavy atom. The highest BCUT2D eigenvalue weighted by Gasteiger charge is 2.31. The van der Waals surface area contributed by atoms with E-state index in [9.17, 15) is 33.2 Å². The Morgan fingerprint density at radius 3 is 2.52 bits per heavy atom. The number of hydrogen-bond donors (Lipinski definition) is 5. The third-order valence-corrected chi connectivity index (χ3v) is 4.82. The lowest BCUT2D eigenvalue weighted by molar-refractivity contribution is -0.426. The van der Waals surface area contributed by atoms with Crippen LogP contribution in [-0.4, -0.2) is 72.1 Å². The number of nitrogens with zero attached hydrogens (tertiary/aromatic N) is 2. The summed E-state index contributed by atoms with van der Waals surface area (Å²) < 4.78 is 40.5. The lowest BCUT2D eigenvalue weighted by atomic mass is 10.0. The second kappa shape index (κ2) is 12.1. The van der Waals surface area contributed by atoms with Gasteiger partial charge in [0, 0.05) is 31.4 Å². The first-order chi connectivity index (χ1) is 15.6. The molecule has 0 bridgehead atoms. The van der Waals surface area contributed by atoms with Crippen molar-refractivity contribution in [1.29, 1.82) is 0 Å². The van der Waals surface area contributed by atoms with Gasteiger partial charge in [0.25, 0.3) is 0 Å². The monoisotopic (exact) mass is 476 g/mol. The summed E-state index contributed by atoms with van der Waals surface area (Å²) in [5.74, 6) is -1.17. The highest BCUT2D eigenvalue weighted by Crippen LogP contribution is 2.25. The number of piperidine rings is 1. The molecular formula is C19H27F3N6O5. The molecule has 0 unspecified atom stereocenters. The number of carbonyl (C=O) groups is 1. The molecule has 1 atom stereocenters. The van der Waals surface area contributed by atoms with Gasteiger partial charge in [0.05, 0.1) is 25.4 Å². The second-order valence-corrected chi connectivity index (χ2v) is 7.45. The molecule has 2 rings (SSSR count). The molecular weight excluding hydrogens is 449 g/mol. The number of rotatable bonds is 11. The number of nitrogens with two attached hydrogens (primary N) is 1. The topological polar surface area (TPSA) is 155 Å². The number of carbonyl (C=O) groups excluding carboxylic acids is 1. The number of aliphatic hydroxyl groups excluding tert-OH is 1. The Balaban J connectivity index is 1.71.